The standard InChI is InChI=1S/C28H37ClN4O6S3/c1-2-39-28(36)19-6-3-13-31(16-19)17-20-7-4-15-33(20)25(34)18-32-14-5-8-21(27(32)35)30-42(37,38)26-12-10-23(41-26)22-9-11-24(29)40-22/h9-12,19-21,30H,2-8,13-18H2,1H3/t19?,20-,21-/m0/s1. The van der Waals surface area contributed by atoms with Crippen molar-refractivity contribution in [3.8, 4) is 9.75 Å². The van der Waals surface area contributed by atoms with Crippen molar-refractivity contribution in [3.05, 3.63) is 28.6 Å². The molecule has 5 rings (SSSR count). The minimum atomic E-state index is -3.92. The molecule has 5 heterocycles. The van der Waals surface area contributed by atoms with Gasteiger partial charge in [-0.1, -0.05) is 11.6 Å². The number of hydrogen-bond acceptors (Lipinski definition) is 9. The van der Waals surface area contributed by atoms with E-state index in [1.807, 2.05) is 17.9 Å². The number of likely N-dealkylation sites (tertiary alicyclic amines) is 3. The number of carbonyl (C=O) groups excluding carboxylic acids is 3. The van der Waals surface area contributed by atoms with Gasteiger partial charge in [-0.3, -0.25) is 14.4 Å². The zero-order chi connectivity index (χ0) is 29.9. The van der Waals surface area contributed by atoms with Gasteiger partial charge in [0, 0.05) is 42.0 Å². The smallest absolute Gasteiger partial charge is 0.310 e. The van der Waals surface area contributed by atoms with E-state index in [9.17, 15) is 22.8 Å². The summed E-state index contributed by atoms with van der Waals surface area (Å²) in [7, 11) is -3.92. The van der Waals surface area contributed by atoms with E-state index < -0.39 is 16.1 Å². The van der Waals surface area contributed by atoms with Crippen molar-refractivity contribution in [2.45, 2.75) is 61.7 Å². The molecule has 1 unspecified atom stereocenters. The number of ether oxygens (including phenoxy) is 1. The van der Waals surface area contributed by atoms with Crippen molar-refractivity contribution < 1.29 is 27.5 Å². The van der Waals surface area contributed by atoms with Crippen molar-refractivity contribution >= 4 is 62.1 Å². The van der Waals surface area contributed by atoms with Crippen molar-refractivity contribution in [1.29, 1.82) is 0 Å². The second kappa shape index (κ2) is 13.7. The Morgan fingerprint density at radius 2 is 1.76 bits per heavy atom. The first-order valence-corrected chi connectivity index (χ1v) is 18.0. The molecule has 230 valence electrons. The van der Waals surface area contributed by atoms with Crippen LogP contribution in [0.4, 0.5) is 0 Å². The Kier molecular flexibility index (Phi) is 10.3. The van der Waals surface area contributed by atoms with Gasteiger partial charge in [0.15, 0.2) is 0 Å². The van der Waals surface area contributed by atoms with E-state index in [1.54, 1.807) is 12.1 Å². The van der Waals surface area contributed by atoms with Crippen molar-refractivity contribution in [3.63, 3.8) is 0 Å². The number of thiophene rings is 2. The number of nitrogens with one attached hydrogen (secondary N) is 1. The van der Waals surface area contributed by atoms with Gasteiger partial charge in [-0.15, -0.1) is 22.7 Å². The van der Waals surface area contributed by atoms with Crippen LogP contribution < -0.4 is 4.72 Å². The van der Waals surface area contributed by atoms with Crippen LogP contribution in [0.1, 0.15) is 45.4 Å². The zero-order valence-electron chi connectivity index (χ0n) is 23.6. The van der Waals surface area contributed by atoms with Crippen LogP contribution >= 0.6 is 34.3 Å². The van der Waals surface area contributed by atoms with Gasteiger partial charge in [0.1, 0.15) is 10.3 Å². The van der Waals surface area contributed by atoms with Crippen molar-refractivity contribution in [2.75, 3.05) is 45.9 Å². The highest BCUT2D eigenvalue weighted by atomic mass is 35.5. The highest BCUT2D eigenvalue weighted by molar-refractivity contribution is 7.91. The molecule has 3 aliphatic heterocycles. The topological polar surface area (TPSA) is 116 Å². The first kappa shape index (κ1) is 31.4. The van der Waals surface area contributed by atoms with Crippen LogP contribution in [0.15, 0.2) is 28.5 Å². The Bertz CT molecular complexity index is 1400. The zero-order valence-corrected chi connectivity index (χ0v) is 26.8. The van der Waals surface area contributed by atoms with E-state index in [-0.39, 0.29) is 40.5 Å². The third-order valence-corrected chi connectivity index (χ3v) is 12.6. The summed E-state index contributed by atoms with van der Waals surface area (Å²) >= 11 is 8.53. The van der Waals surface area contributed by atoms with E-state index in [0.29, 0.717) is 50.0 Å². The third-order valence-electron chi connectivity index (χ3n) is 8.11. The molecule has 14 heteroatoms. The summed E-state index contributed by atoms with van der Waals surface area (Å²) in [4.78, 5) is 46.3. The molecule has 0 bridgehead atoms. The van der Waals surface area contributed by atoms with Gasteiger partial charge in [-0.2, -0.15) is 4.72 Å². The summed E-state index contributed by atoms with van der Waals surface area (Å²) in [6.45, 7) is 5.37. The highest BCUT2D eigenvalue weighted by Crippen LogP contribution is 2.37. The summed E-state index contributed by atoms with van der Waals surface area (Å²) in [5, 5.41) is 0. The van der Waals surface area contributed by atoms with E-state index in [4.69, 9.17) is 16.3 Å². The van der Waals surface area contributed by atoms with Crippen LogP contribution in [0, 0.1) is 5.92 Å². The van der Waals surface area contributed by atoms with Gasteiger partial charge in [0.25, 0.3) is 10.0 Å². The van der Waals surface area contributed by atoms with Crippen LogP contribution in [0.2, 0.25) is 4.34 Å². The van der Waals surface area contributed by atoms with E-state index in [2.05, 4.69) is 9.62 Å². The lowest BCUT2D eigenvalue weighted by atomic mass is 9.97. The maximum atomic E-state index is 13.4. The Balaban J connectivity index is 1.17. The van der Waals surface area contributed by atoms with E-state index >= 15 is 0 Å². The van der Waals surface area contributed by atoms with Crippen molar-refractivity contribution in [1.82, 2.24) is 19.4 Å². The maximum absolute atomic E-state index is 13.4. The fraction of sp³-hybridized carbons (Fsp3) is 0.607. The minimum absolute atomic E-state index is 0.0267. The van der Waals surface area contributed by atoms with Gasteiger partial charge in [-0.05, 0) is 76.3 Å². The molecule has 10 nitrogen and oxygen atoms in total. The lowest BCUT2D eigenvalue weighted by Gasteiger charge is -2.37. The van der Waals surface area contributed by atoms with Crippen LogP contribution in [-0.4, -0.2) is 98.9 Å². The van der Waals surface area contributed by atoms with Crippen LogP contribution in [-0.2, 0) is 29.1 Å². The number of amides is 2. The predicted molar refractivity (Wildman–Crippen MR) is 163 cm³/mol. The van der Waals surface area contributed by atoms with Crippen LogP contribution in [0.3, 0.4) is 0 Å². The molecule has 3 saturated heterocycles. The average molecular weight is 657 g/mol. The predicted octanol–water partition coefficient (Wildman–Crippen LogP) is 3.67. The molecule has 0 aromatic carbocycles. The second-order valence-corrected chi connectivity index (χ2v) is 15.8. The summed E-state index contributed by atoms with van der Waals surface area (Å²) in [6.07, 6.45) is 4.48. The Morgan fingerprint density at radius 3 is 2.52 bits per heavy atom. The second-order valence-electron chi connectivity index (χ2n) is 11.0. The summed E-state index contributed by atoms with van der Waals surface area (Å²) in [5.74, 6) is -0.775. The normalized spacial score (nSPS) is 23.9. The molecular formula is C28H37ClN4O6S3. The summed E-state index contributed by atoms with van der Waals surface area (Å²) < 4.78 is 34.9. The molecule has 1 N–H and O–H groups in total. The highest BCUT2D eigenvalue weighted by Gasteiger charge is 2.37. The van der Waals surface area contributed by atoms with Gasteiger partial charge in [0.05, 0.1) is 23.4 Å². The summed E-state index contributed by atoms with van der Waals surface area (Å²) in [6, 6.07) is 6.00. The van der Waals surface area contributed by atoms with Crippen molar-refractivity contribution in [2.24, 2.45) is 5.92 Å². The first-order chi connectivity index (χ1) is 20.1. The average Bonchev–Trinajstić information content (AvgIpc) is 3.72. The molecule has 3 atom stereocenters. The fourth-order valence-corrected chi connectivity index (χ4v) is 9.76. The molecular weight excluding hydrogens is 620 g/mol. The molecule has 2 amide bonds. The monoisotopic (exact) mass is 656 g/mol. The molecule has 0 radical (unpaired) electrons. The molecule has 2 aromatic heterocycles. The largest absolute Gasteiger partial charge is 0.466 e. The minimum Gasteiger partial charge on any atom is -0.466 e. The van der Waals surface area contributed by atoms with Crippen LogP contribution in [0.5, 0.6) is 0 Å². The molecule has 0 spiro atoms. The number of halogens is 1. The number of carbonyl (C=O) groups is 3. The van der Waals surface area contributed by atoms with Gasteiger partial charge >= 0.3 is 5.97 Å². The molecule has 0 aliphatic carbocycles. The number of piperidine rings is 2. The molecule has 3 aliphatic rings. The van der Waals surface area contributed by atoms with Gasteiger partial charge in [0.2, 0.25) is 11.8 Å². The Hall–Kier alpha value is -2.03. The van der Waals surface area contributed by atoms with Gasteiger partial charge in [-0.25, -0.2) is 8.42 Å². The quantitative estimate of drug-likeness (QED) is 0.388. The van der Waals surface area contributed by atoms with Crippen LogP contribution in [0.25, 0.3) is 9.75 Å². The SMILES string of the molecule is CCOC(=O)C1CCCN(C[C@@H]2CCCN2C(=O)CN2CCC[C@H](NS(=O)(=O)c3ccc(-c4ccc(Cl)s4)s3)C2=O)C1. The first-order valence-electron chi connectivity index (χ1n) is 14.5. The number of sulfonamides is 1. The Labute approximate surface area is 260 Å². The lowest BCUT2D eigenvalue weighted by Crippen LogP contribution is -2.55. The number of esters is 1. The van der Waals surface area contributed by atoms with E-state index in [0.717, 1.165) is 53.3 Å². The van der Waals surface area contributed by atoms with E-state index in [1.165, 1.54) is 22.3 Å². The summed E-state index contributed by atoms with van der Waals surface area (Å²) in [5.41, 5.74) is 0. The molecule has 0 saturated carbocycles. The fourth-order valence-electron chi connectivity index (χ4n) is 6.08. The number of hydrogen-bond donors (Lipinski definition) is 1. The third kappa shape index (κ3) is 7.36. The molecule has 3 fully saturated rings. The Morgan fingerprint density at radius 1 is 1.02 bits per heavy atom. The number of nitrogens with zero attached hydrogens (tertiary/aromatic N) is 3. The van der Waals surface area contributed by atoms with Gasteiger partial charge < -0.3 is 19.4 Å². The lowest BCUT2D eigenvalue weighted by molar-refractivity contribution is -0.150. The molecule has 42 heavy (non-hydrogen) atoms. The molecule has 2 aromatic rings. The number of rotatable bonds is 10. The maximum Gasteiger partial charge on any atom is 0.310 e.